The predicted octanol–water partition coefficient (Wildman–Crippen LogP) is 4.25. The van der Waals surface area contributed by atoms with Crippen LogP contribution in [0.25, 0.3) is 11.0 Å². The van der Waals surface area contributed by atoms with Gasteiger partial charge in [-0.25, -0.2) is 4.68 Å². The molecule has 5 rings (SSSR count). The molecule has 0 bridgehead atoms. The third-order valence-electron chi connectivity index (χ3n) is 6.43. The molecule has 2 amide bonds. The van der Waals surface area contributed by atoms with E-state index in [9.17, 15) is 9.59 Å². The molecule has 0 aliphatic carbocycles. The van der Waals surface area contributed by atoms with Crippen molar-refractivity contribution in [2.24, 2.45) is 0 Å². The second kappa shape index (κ2) is 12.1. The van der Waals surface area contributed by atoms with Crippen LogP contribution >= 0.6 is 0 Å². The second-order valence-corrected chi connectivity index (χ2v) is 9.02. The van der Waals surface area contributed by atoms with E-state index in [2.05, 4.69) is 20.6 Å². The van der Waals surface area contributed by atoms with E-state index in [1.54, 1.807) is 81.2 Å². The first-order valence-corrected chi connectivity index (χ1v) is 12.6. The van der Waals surface area contributed by atoms with Gasteiger partial charge in [0.2, 0.25) is 5.91 Å². The van der Waals surface area contributed by atoms with Crippen molar-refractivity contribution in [3.63, 3.8) is 0 Å². The third-order valence-corrected chi connectivity index (χ3v) is 6.43. The van der Waals surface area contributed by atoms with Gasteiger partial charge in [0.1, 0.15) is 29.6 Å². The molecule has 202 valence electrons. The number of fused-ring (bicyclic) bond motifs is 1. The molecule has 0 radical (unpaired) electrons. The van der Waals surface area contributed by atoms with Crippen LogP contribution in [0, 0.1) is 0 Å². The highest BCUT2D eigenvalue weighted by Crippen LogP contribution is 2.29. The maximum atomic E-state index is 14.1. The van der Waals surface area contributed by atoms with Crippen molar-refractivity contribution in [1.29, 1.82) is 0 Å². The Morgan fingerprint density at radius 3 is 2.48 bits per heavy atom. The number of ether oxygens (including phenoxy) is 2. The molecule has 0 saturated carbocycles. The van der Waals surface area contributed by atoms with Crippen molar-refractivity contribution >= 4 is 28.5 Å². The van der Waals surface area contributed by atoms with Gasteiger partial charge in [0, 0.05) is 24.6 Å². The summed E-state index contributed by atoms with van der Waals surface area (Å²) in [6.45, 7) is 0.0221. The Labute approximate surface area is 231 Å². The number of amides is 2. The van der Waals surface area contributed by atoms with Crippen molar-refractivity contribution in [3.8, 4) is 11.5 Å². The van der Waals surface area contributed by atoms with Crippen molar-refractivity contribution in [3.05, 3.63) is 108 Å². The largest absolute Gasteiger partial charge is 0.497 e. The normalized spacial score (nSPS) is 11.6. The molecule has 3 aromatic carbocycles. The van der Waals surface area contributed by atoms with Gasteiger partial charge in [-0.1, -0.05) is 35.5 Å². The highest BCUT2D eigenvalue weighted by molar-refractivity contribution is 5.98. The molecule has 10 nitrogen and oxygen atoms in total. The van der Waals surface area contributed by atoms with E-state index in [4.69, 9.17) is 9.47 Å². The van der Waals surface area contributed by atoms with Crippen LogP contribution in [-0.4, -0.2) is 50.9 Å². The number of benzene rings is 3. The molecule has 0 aliphatic heterocycles. The highest BCUT2D eigenvalue weighted by atomic mass is 16.5. The lowest BCUT2D eigenvalue weighted by atomic mass is 10.0. The van der Waals surface area contributed by atoms with Gasteiger partial charge in [-0.2, -0.15) is 0 Å². The van der Waals surface area contributed by atoms with Crippen LogP contribution in [-0.2, 0) is 22.7 Å². The molecule has 5 aromatic rings. The molecule has 0 fully saturated rings. The topological polar surface area (TPSA) is 111 Å². The molecule has 40 heavy (non-hydrogen) atoms. The summed E-state index contributed by atoms with van der Waals surface area (Å²) < 4.78 is 12.2. The van der Waals surface area contributed by atoms with Crippen LogP contribution in [0.3, 0.4) is 0 Å². The number of methoxy groups -OCH3 is 2. The Bertz CT molecular complexity index is 1600. The SMILES string of the molecule is COc1ccc(NC(=O)[C@H](c2cccc(OC)c2)N(Cc2cccnc2)C(=O)Cn2nnc3ccccc32)cc1. The quantitative estimate of drug-likeness (QED) is 0.284. The Hall–Kier alpha value is -5.25. The number of hydrogen-bond donors (Lipinski definition) is 1. The summed E-state index contributed by atoms with van der Waals surface area (Å²) >= 11 is 0. The first-order valence-electron chi connectivity index (χ1n) is 12.6. The third kappa shape index (κ3) is 5.91. The highest BCUT2D eigenvalue weighted by Gasteiger charge is 2.32. The number of carbonyl (C=O) groups is 2. The number of anilines is 1. The maximum absolute atomic E-state index is 14.1. The predicted molar refractivity (Wildman–Crippen MR) is 150 cm³/mol. The number of para-hydroxylation sites is 1. The van der Waals surface area contributed by atoms with Crippen LogP contribution < -0.4 is 14.8 Å². The molecule has 0 unspecified atom stereocenters. The van der Waals surface area contributed by atoms with Gasteiger partial charge < -0.3 is 19.7 Å². The summed E-state index contributed by atoms with van der Waals surface area (Å²) in [6, 6.07) is 24.2. The minimum atomic E-state index is -1.00. The monoisotopic (exact) mass is 536 g/mol. The van der Waals surface area contributed by atoms with Crippen LogP contribution in [0.2, 0.25) is 0 Å². The smallest absolute Gasteiger partial charge is 0.251 e. The molecular weight excluding hydrogens is 508 g/mol. The molecule has 0 spiro atoms. The number of nitrogens with one attached hydrogen (secondary N) is 1. The summed E-state index contributed by atoms with van der Waals surface area (Å²) in [5.74, 6) is 0.517. The molecule has 2 heterocycles. The molecular formula is C30H28N6O4. The lowest BCUT2D eigenvalue weighted by molar-refractivity contribution is -0.140. The average Bonchev–Trinajstić information content (AvgIpc) is 3.40. The van der Waals surface area contributed by atoms with E-state index in [0.29, 0.717) is 28.3 Å². The van der Waals surface area contributed by atoms with Gasteiger partial charge in [-0.3, -0.25) is 14.6 Å². The van der Waals surface area contributed by atoms with Crippen LogP contribution in [0.15, 0.2) is 97.3 Å². The molecule has 10 heteroatoms. The number of aromatic nitrogens is 4. The van der Waals surface area contributed by atoms with Crippen molar-refractivity contribution in [2.45, 2.75) is 19.1 Å². The lowest BCUT2D eigenvalue weighted by Crippen LogP contribution is -2.42. The number of nitrogens with zero attached hydrogens (tertiary/aromatic N) is 5. The van der Waals surface area contributed by atoms with Gasteiger partial charge in [0.05, 0.1) is 19.7 Å². The minimum absolute atomic E-state index is 0.114. The van der Waals surface area contributed by atoms with Crippen LogP contribution in [0.1, 0.15) is 17.2 Å². The van der Waals surface area contributed by atoms with E-state index < -0.39 is 6.04 Å². The summed E-state index contributed by atoms with van der Waals surface area (Å²) in [5, 5.41) is 11.3. The average molecular weight is 537 g/mol. The molecule has 2 aromatic heterocycles. The van der Waals surface area contributed by atoms with Crippen molar-refractivity contribution in [1.82, 2.24) is 24.9 Å². The van der Waals surface area contributed by atoms with Crippen LogP contribution in [0.5, 0.6) is 11.5 Å². The fraction of sp³-hybridized carbons (Fsp3) is 0.167. The Morgan fingerprint density at radius 1 is 0.925 bits per heavy atom. The molecule has 1 N–H and O–H groups in total. The first-order chi connectivity index (χ1) is 19.6. The molecule has 0 aliphatic rings. The molecule has 0 saturated heterocycles. The fourth-order valence-corrected chi connectivity index (χ4v) is 4.43. The van der Waals surface area contributed by atoms with E-state index in [1.807, 2.05) is 30.3 Å². The minimum Gasteiger partial charge on any atom is -0.497 e. The standard InChI is InChI=1S/C30H28N6O4/c1-39-24-14-12-23(13-15-24)32-30(38)29(22-8-5-9-25(17-22)40-2)35(19-21-7-6-16-31-18-21)28(37)20-36-27-11-4-3-10-26(27)33-34-36/h3-18,29H,19-20H2,1-2H3,(H,32,38)/t29-/m0/s1. The zero-order valence-electron chi connectivity index (χ0n) is 22.1. The van der Waals surface area contributed by atoms with Gasteiger partial charge >= 0.3 is 0 Å². The number of pyridine rings is 1. The number of rotatable bonds is 10. The van der Waals surface area contributed by atoms with E-state index in [-0.39, 0.29) is 24.9 Å². The van der Waals surface area contributed by atoms with Gasteiger partial charge in [-0.15, -0.1) is 5.10 Å². The molecule has 1 atom stereocenters. The number of carbonyl (C=O) groups excluding carboxylic acids is 2. The maximum Gasteiger partial charge on any atom is 0.251 e. The van der Waals surface area contributed by atoms with Gasteiger partial charge in [0.15, 0.2) is 0 Å². The number of hydrogen-bond acceptors (Lipinski definition) is 7. The Balaban J connectivity index is 1.55. The lowest BCUT2D eigenvalue weighted by Gasteiger charge is -2.31. The summed E-state index contributed by atoms with van der Waals surface area (Å²) in [4.78, 5) is 33.8. The van der Waals surface area contributed by atoms with E-state index >= 15 is 0 Å². The van der Waals surface area contributed by atoms with E-state index in [0.717, 1.165) is 11.1 Å². The van der Waals surface area contributed by atoms with E-state index in [1.165, 1.54) is 9.58 Å². The first kappa shape index (κ1) is 26.4. The summed E-state index contributed by atoms with van der Waals surface area (Å²) in [6.07, 6.45) is 3.34. The van der Waals surface area contributed by atoms with Crippen molar-refractivity contribution in [2.75, 3.05) is 19.5 Å². The van der Waals surface area contributed by atoms with Crippen molar-refractivity contribution < 1.29 is 19.1 Å². The van der Waals surface area contributed by atoms with Gasteiger partial charge in [-0.05, 0) is 65.7 Å². The summed E-state index contributed by atoms with van der Waals surface area (Å²) in [7, 11) is 3.13. The Morgan fingerprint density at radius 2 is 1.73 bits per heavy atom. The van der Waals surface area contributed by atoms with Crippen LogP contribution in [0.4, 0.5) is 5.69 Å². The Kier molecular flexibility index (Phi) is 7.96. The second-order valence-electron chi connectivity index (χ2n) is 9.02. The zero-order chi connectivity index (χ0) is 27.9. The summed E-state index contributed by atoms with van der Waals surface area (Å²) in [5.41, 5.74) is 3.32. The zero-order valence-corrected chi connectivity index (χ0v) is 22.1. The van der Waals surface area contributed by atoms with Gasteiger partial charge in [0.25, 0.3) is 5.91 Å². The fourth-order valence-electron chi connectivity index (χ4n) is 4.43.